The lowest BCUT2D eigenvalue weighted by atomic mass is 10.1. The van der Waals surface area contributed by atoms with Gasteiger partial charge >= 0.3 is 0 Å². The molecule has 0 aliphatic carbocycles. The maximum absolute atomic E-state index is 13.1. The van der Waals surface area contributed by atoms with Gasteiger partial charge in [-0.2, -0.15) is 0 Å². The molecule has 1 amide bonds. The number of rotatable bonds is 9. The van der Waals surface area contributed by atoms with Crippen LogP contribution in [0.3, 0.4) is 0 Å². The van der Waals surface area contributed by atoms with Crippen molar-refractivity contribution >= 4 is 17.0 Å². The van der Waals surface area contributed by atoms with E-state index >= 15 is 0 Å². The van der Waals surface area contributed by atoms with Crippen molar-refractivity contribution in [1.29, 1.82) is 0 Å². The van der Waals surface area contributed by atoms with E-state index in [1.165, 1.54) is 10.9 Å². The Labute approximate surface area is 196 Å². The van der Waals surface area contributed by atoms with Crippen molar-refractivity contribution in [3.05, 3.63) is 70.3 Å². The average molecular weight is 463 g/mol. The average Bonchev–Trinajstić information content (AvgIpc) is 3.28. The summed E-state index contributed by atoms with van der Waals surface area (Å²) in [6, 6.07) is 13.2. The normalized spacial score (nSPS) is 10.9. The Morgan fingerprint density at radius 1 is 1.15 bits per heavy atom. The standard InChI is InChI=1S/C25H26N4O5/c1-4-33-19-10-7-17(13-20(19)32-3)14-26-21(30)11-12-29-15-27-24-22(25(29)31)23(28-34-24)18-8-5-16(2)6-9-18/h5-10,13,15H,4,11-12,14H2,1-3H3,(H,26,30). The summed E-state index contributed by atoms with van der Waals surface area (Å²) in [5, 5.41) is 7.20. The predicted octanol–water partition coefficient (Wildman–Crippen LogP) is 3.47. The number of aryl methyl sites for hydroxylation is 2. The van der Waals surface area contributed by atoms with Crippen molar-refractivity contribution in [2.24, 2.45) is 0 Å². The summed E-state index contributed by atoms with van der Waals surface area (Å²) < 4.78 is 17.5. The van der Waals surface area contributed by atoms with Crippen LogP contribution >= 0.6 is 0 Å². The van der Waals surface area contributed by atoms with Crippen LogP contribution in [0.15, 0.2) is 58.1 Å². The SMILES string of the molecule is CCOc1ccc(CNC(=O)CCn2cnc3onc(-c4ccc(C)cc4)c3c2=O)cc1OC. The highest BCUT2D eigenvalue weighted by Crippen LogP contribution is 2.28. The number of amides is 1. The van der Waals surface area contributed by atoms with Gasteiger partial charge in [-0.1, -0.05) is 41.1 Å². The van der Waals surface area contributed by atoms with Gasteiger partial charge in [-0.3, -0.25) is 14.2 Å². The summed E-state index contributed by atoms with van der Waals surface area (Å²) in [7, 11) is 1.57. The van der Waals surface area contributed by atoms with Gasteiger partial charge in [-0.15, -0.1) is 0 Å². The quantitative estimate of drug-likeness (QED) is 0.406. The first-order valence-electron chi connectivity index (χ1n) is 11.0. The van der Waals surface area contributed by atoms with Gasteiger partial charge in [-0.25, -0.2) is 4.98 Å². The number of carbonyl (C=O) groups excluding carboxylic acids is 1. The van der Waals surface area contributed by atoms with Gasteiger partial charge in [0.2, 0.25) is 5.91 Å². The van der Waals surface area contributed by atoms with Gasteiger partial charge in [0.25, 0.3) is 11.3 Å². The van der Waals surface area contributed by atoms with Crippen LogP contribution < -0.4 is 20.3 Å². The van der Waals surface area contributed by atoms with Crippen LogP contribution in [0.2, 0.25) is 0 Å². The smallest absolute Gasteiger partial charge is 0.266 e. The summed E-state index contributed by atoms with van der Waals surface area (Å²) in [4.78, 5) is 29.7. The molecule has 34 heavy (non-hydrogen) atoms. The largest absolute Gasteiger partial charge is 0.493 e. The highest BCUT2D eigenvalue weighted by Gasteiger charge is 2.17. The van der Waals surface area contributed by atoms with Crippen LogP contribution in [-0.4, -0.2) is 34.3 Å². The molecule has 0 aliphatic rings. The Morgan fingerprint density at radius 3 is 2.68 bits per heavy atom. The molecule has 1 N–H and O–H groups in total. The summed E-state index contributed by atoms with van der Waals surface area (Å²) in [5.74, 6) is 1.07. The van der Waals surface area contributed by atoms with Gasteiger partial charge < -0.3 is 19.3 Å². The molecule has 9 nitrogen and oxygen atoms in total. The Hall–Kier alpha value is -4.14. The van der Waals surface area contributed by atoms with Gasteiger partial charge in [0, 0.05) is 25.1 Å². The van der Waals surface area contributed by atoms with Gasteiger partial charge in [0.05, 0.1) is 13.7 Å². The molecule has 0 atom stereocenters. The summed E-state index contributed by atoms with van der Waals surface area (Å²) in [6.07, 6.45) is 1.49. The molecule has 2 aromatic heterocycles. The third-order valence-corrected chi connectivity index (χ3v) is 5.39. The fourth-order valence-corrected chi connectivity index (χ4v) is 3.56. The fraction of sp³-hybridized carbons (Fsp3) is 0.280. The number of carbonyl (C=O) groups is 1. The van der Waals surface area contributed by atoms with Crippen LogP contribution in [0.25, 0.3) is 22.4 Å². The van der Waals surface area contributed by atoms with Crippen LogP contribution in [0.5, 0.6) is 11.5 Å². The monoisotopic (exact) mass is 462 g/mol. The third kappa shape index (κ3) is 4.93. The topological polar surface area (TPSA) is 108 Å². The number of nitrogens with one attached hydrogen (secondary N) is 1. The second-order valence-electron chi connectivity index (χ2n) is 7.77. The molecule has 0 saturated heterocycles. The van der Waals surface area contributed by atoms with E-state index in [1.807, 2.05) is 56.3 Å². The molecule has 2 heterocycles. The van der Waals surface area contributed by atoms with Gasteiger partial charge in [0.15, 0.2) is 11.5 Å². The Kier molecular flexibility index (Phi) is 6.91. The Balaban J connectivity index is 1.43. The molecular weight excluding hydrogens is 436 g/mol. The van der Waals surface area contributed by atoms with Crippen molar-refractivity contribution in [2.75, 3.05) is 13.7 Å². The molecule has 0 saturated carbocycles. The first-order valence-corrected chi connectivity index (χ1v) is 11.0. The van der Waals surface area contributed by atoms with E-state index in [9.17, 15) is 9.59 Å². The second-order valence-corrected chi connectivity index (χ2v) is 7.77. The summed E-state index contributed by atoms with van der Waals surface area (Å²) in [5.41, 5.74) is 3.06. The van der Waals surface area contributed by atoms with Crippen LogP contribution in [0.4, 0.5) is 0 Å². The molecule has 0 bridgehead atoms. The zero-order valence-corrected chi connectivity index (χ0v) is 19.3. The number of nitrogens with zero attached hydrogens (tertiary/aromatic N) is 3. The molecule has 9 heteroatoms. The molecule has 2 aromatic carbocycles. The van der Waals surface area contributed by atoms with E-state index in [-0.39, 0.29) is 30.1 Å². The highest BCUT2D eigenvalue weighted by molar-refractivity contribution is 5.88. The highest BCUT2D eigenvalue weighted by atomic mass is 16.5. The van der Waals surface area contributed by atoms with Crippen molar-refractivity contribution in [3.63, 3.8) is 0 Å². The van der Waals surface area contributed by atoms with Crippen LogP contribution in [-0.2, 0) is 17.9 Å². The lowest BCUT2D eigenvalue weighted by Crippen LogP contribution is -2.27. The van der Waals surface area contributed by atoms with Crippen molar-refractivity contribution in [2.45, 2.75) is 33.4 Å². The number of aromatic nitrogens is 3. The van der Waals surface area contributed by atoms with E-state index in [0.29, 0.717) is 35.7 Å². The van der Waals surface area contributed by atoms with Crippen molar-refractivity contribution in [1.82, 2.24) is 20.0 Å². The summed E-state index contributed by atoms with van der Waals surface area (Å²) in [6.45, 7) is 4.93. The minimum Gasteiger partial charge on any atom is -0.493 e. The van der Waals surface area contributed by atoms with E-state index in [4.69, 9.17) is 14.0 Å². The van der Waals surface area contributed by atoms with Crippen LogP contribution in [0, 0.1) is 6.92 Å². The maximum atomic E-state index is 13.1. The zero-order valence-electron chi connectivity index (χ0n) is 19.3. The number of hydrogen-bond acceptors (Lipinski definition) is 7. The maximum Gasteiger partial charge on any atom is 0.266 e. The van der Waals surface area contributed by atoms with Crippen LogP contribution in [0.1, 0.15) is 24.5 Å². The first kappa shape index (κ1) is 23.0. The molecule has 0 unspecified atom stereocenters. The number of fused-ring (bicyclic) bond motifs is 1. The van der Waals surface area contributed by atoms with Gasteiger partial charge in [0.1, 0.15) is 17.4 Å². The minimum absolute atomic E-state index is 0.117. The molecule has 0 radical (unpaired) electrons. The lowest BCUT2D eigenvalue weighted by Gasteiger charge is -2.12. The van der Waals surface area contributed by atoms with E-state index < -0.39 is 0 Å². The van der Waals surface area contributed by atoms with Gasteiger partial charge in [-0.05, 0) is 31.5 Å². The number of hydrogen-bond donors (Lipinski definition) is 1. The summed E-state index contributed by atoms with van der Waals surface area (Å²) >= 11 is 0. The van der Waals surface area contributed by atoms with E-state index in [1.54, 1.807) is 7.11 Å². The Bertz CT molecular complexity index is 1360. The molecule has 4 aromatic rings. The molecule has 0 fully saturated rings. The van der Waals surface area contributed by atoms with Crippen molar-refractivity contribution in [3.8, 4) is 22.8 Å². The third-order valence-electron chi connectivity index (χ3n) is 5.39. The second kappa shape index (κ2) is 10.2. The molecular formula is C25H26N4O5. The zero-order chi connectivity index (χ0) is 24.1. The minimum atomic E-state index is -0.300. The first-order chi connectivity index (χ1) is 16.5. The van der Waals surface area contributed by atoms with E-state index in [0.717, 1.165) is 16.7 Å². The molecule has 4 rings (SSSR count). The molecule has 176 valence electrons. The number of ether oxygens (including phenoxy) is 2. The fourth-order valence-electron chi connectivity index (χ4n) is 3.56. The number of methoxy groups -OCH3 is 1. The number of benzene rings is 2. The lowest BCUT2D eigenvalue weighted by molar-refractivity contribution is -0.121. The predicted molar refractivity (Wildman–Crippen MR) is 127 cm³/mol. The Morgan fingerprint density at radius 2 is 1.94 bits per heavy atom. The van der Waals surface area contributed by atoms with E-state index in [2.05, 4.69) is 15.5 Å². The molecule has 0 aliphatic heterocycles. The van der Waals surface area contributed by atoms with Crippen molar-refractivity contribution < 1.29 is 18.8 Å². The molecule has 0 spiro atoms.